The molecular weight excluding hydrogens is 267 g/mol. The molecule has 0 radical (unpaired) electrons. The first-order valence-corrected chi connectivity index (χ1v) is 6.40. The molecule has 0 heterocycles. The zero-order chi connectivity index (χ0) is 13.0. The average molecular weight is 281 g/mol. The van der Waals surface area contributed by atoms with Crippen molar-refractivity contribution in [3.63, 3.8) is 0 Å². The molecule has 18 heavy (non-hydrogen) atoms. The molecule has 2 rings (SSSR count). The van der Waals surface area contributed by atoms with Crippen LogP contribution in [0.15, 0.2) is 48.5 Å². The first kappa shape index (κ1) is 13.4. The van der Waals surface area contributed by atoms with Crippen LogP contribution in [0.25, 0.3) is 0 Å². The Kier molecular flexibility index (Phi) is 4.61. The summed E-state index contributed by atoms with van der Waals surface area (Å²) >= 11 is 11.8. The van der Waals surface area contributed by atoms with Gasteiger partial charge in [-0.1, -0.05) is 47.5 Å². The third kappa shape index (κ3) is 3.47. The highest BCUT2D eigenvalue weighted by Gasteiger charge is 2.10. The normalized spacial score (nSPS) is 12.4. The molecule has 1 atom stereocenters. The molecule has 0 saturated heterocycles. The van der Waals surface area contributed by atoms with Crippen LogP contribution in [0.3, 0.4) is 0 Å². The second-order valence-corrected chi connectivity index (χ2v) is 4.98. The predicted octanol–water partition coefficient (Wildman–Crippen LogP) is 3.74. The van der Waals surface area contributed by atoms with E-state index in [0.29, 0.717) is 0 Å². The highest BCUT2D eigenvalue weighted by Crippen LogP contribution is 2.21. The van der Waals surface area contributed by atoms with Crippen molar-refractivity contribution >= 4 is 23.2 Å². The number of rotatable bonds is 4. The zero-order valence-corrected chi connectivity index (χ0v) is 11.2. The summed E-state index contributed by atoms with van der Waals surface area (Å²) in [5, 5.41) is 1.46. The zero-order valence-electron chi connectivity index (χ0n) is 9.74. The molecule has 94 valence electrons. The fourth-order valence-electron chi connectivity index (χ4n) is 1.87. The van der Waals surface area contributed by atoms with Crippen LogP contribution in [0.4, 0.5) is 0 Å². The molecule has 2 aromatic rings. The van der Waals surface area contributed by atoms with Gasteiger partial charge in [-0.3, -0.25) is 11.3 Å². The second kappa shape index (κ2) is 6.21. The van der Waals surface area contributed by atoms with Crippen LogP contribution in [0, 0.1) is 0 Å². The van der Waals surface area contributed by atoms with Gasteiger partial charge in [0.25, 0.3) is 0 Å². The van der Waals surface area contributed by atoms with E-state index in [1.54, 1.807) is 0 Å². The van der Waals surface area contributed by atoms with Gasteiger partial charge in [-0.15, -0.1) is 0 Å². The van der Waals surface area contributed by atoms with Gasteiger partial charge >= 0.3 is 0 Å². The molecule has 0 spiro atoms. The standard InChI is InChI=1S/C14H14Cl2N2/c15-12-6-4-11(5-7-12)14(18-17)9-10-2-1-3-13(16)8-10/h1-8,14,18H,9,17H2. The van der Waals surface area contributed by atoms with Crippen molar-refractivity contribution in [1.82, 2.24) is 5.43 Å². The van der Waals surface area contributed by atoms with Gasteiger partial charge in [0.15, 0.2) is 0 Å². The van der Waals surface area contributed by atoms with E-state index in [1.807, 2.05) is 48.5 Å². The van der Waals surface area contributed by atoms with Crippen LogP contribution >= 0.6 is 23.2 Å². The number of hydrogen-bond acceptors (Lipinski definition) is 2. The van der Waals surface area contributed by atoms with E-state index in [0.717, 1.165) is 27.6 Å². The van der Waals surface area contributed by atoms with Gasteiger partial charge in [-0.25, -0.2) is 0 Å². The minimum absolute atomic E-state index is 0.0423. The van der Waals surface area contributed by atoms with Crippen molar-refractivity contribution < 1.29 is 0 Å². The Hall–Kier alpha value is -1.06. The quantitative estimate of drug-likeness (QED) is 0.661. The first-order chi connectivity index (χ1) is 8.69. The van der Waals surface area contributed by atoms with Crippen LogP contribution in [0.2, 0.25) is 10.0 Å². The molecular formula is C14H14Cl2N2. The lowest BCUT2D eigenvalue weighted by Gasteiger charge is -2.16. The van der Waals surface area contributed by atoms with Crippen LogP contribution in [0.1, 0.15) is 17.2 Å². The maximum atomic E-state index is 5.97. The van der Waals surface area contributed by atoms with Crippen LogP contribution in [-0.4, -0.2) is 0 Å². The molecule has 0 aliphatic rings. The fraction of sp³-hybridized carbons (Fsp3) is 0.143. The number of benzene rings is 2. The summed E-state index contributed by atoms with van der Waals surface area (Å²) in [4.78, 5) is 0. The van der Waals surface area contributed by atoms with Gasteiger partial charge in [0, 0.05) is 16.1 Å². The maximum Gasteiger partial charge on any atom is 0.0500 e. The molecule has 0 saturated carbocycles. The predicted molar refractivity (Wildman–Crippen MR) is 76.7 cm³/mol. The molecule has 2 aromatic carbocycles. The Morgan fingerprint density at radius 1 is 1.00 bits per heavy atom. The monoisotopic (exact) mass is 280 g/mol. The Bertz CT molecular complexity index is 511. The van der Waals surface area contributed by atoms with Crippen molar-refractivity contribution in [2.24, 2.45) is 5.84 Å². The van der Waals surface area contributed by atoms with E-state index in [2.05, 4.69) is 5.43 Å². The third-order valence-corrected chi connectivity index (χ3v) is 3.29. The van der Waals surface area contributed by atoms with E-state index in [9.17, 15) is 0 Å². The fourth-order valence-corrected chi connectivity index (χ4v) is 2.21. The first-order valence-electron chi connectivity index (χ1n) is 5.65. The Balaban J connectivity index is 2.17. The van der Waals surface area contributed by atoms with E-state index >= 15 is 0 Å². The molecule has 1 unspecified atom stereocenters. The van der Waals surface area contributed by atoms with E-state index in [4.69, 9.17) is 29.0 Å². The molecule has 0 aliphatic carbocycles. The van der Waals surface area contributed by atoms with Gasteiger partial charge in [0.05, 0.1) is 0 Å². The minimum atomic E-state index is 0.0423. The summed E-state index contributed by atoms with van der Waals surface area (Å²) in [6.07, 6.45) is 0.776. The van der Waals surface area contributed by atoms with E-state index in [1.165, 1.54) is 0 Å². The number of hydrazine groups is 1. The van der Waals surface area contributed by atoms with Crippen molar-refractivity contribution in [3.8, 4) is 0 Å². The van der Waals surface area contributed by atoms with Gasteiger partial charge < -0.3 is 0 Å². The van der Waals surface area contributed by atoms with Gasteiger partial charge in [-0.2, -0.15) is 0 Å². The van der Waals surface area contributed by atoms with E-state index in [-0.39, 0.29) is 6.04 Å². The third-order valence-electron chi connectivity index (χ3n) is 2.80. The molecule has 0 amide bonds. The smallest absolute Gasteiger partial charge is 0.0500 e. The van der Waals surface area contributed by atoms with Crippen molar-refractivity contribution in [2.75, 3.05) is 0 Å². The molecule has 0 aromatic heterocycles. The molecule has 0 bridgehead atoms. The Labute approximate surface area is 117 Å². The van der Waals surface area contributed by atoms with Gasteiger partial charge in [0.2, 0.25) is 0 Å². The van der Waals surface area contributed by atoms with Crippen LogP contribution < -0.4 is 11.3 Å². The molecule has 2 nitrogen and oxygen atoms in total. The molecule has 0 fully saturated rings. The minimum Gasteiger partial charge on any atom is -0.271 e. The summed E-state index contributed by atoms with van der Waals surface area (Å²) < 4.78 is 0. The average Bonchev–Trinajstić information content (AvgIpc) is 2.37. The molecule has 3 N–H and O–H groups in total. The summed E-state index contributed by atoms with van der Waals surface area (Å²) in [6.45, 7) is 0. The lowest BCUT2D eigenvalue weighted by Crippen LogP contribution is -2.29. The van der Waals surface area contributed by atoms with Crippen LogP contribution in [0.5, 0.6) is 0 Å². The Morgan fingerprint density at radius 2 is 1.72 bits per heavy atom. The number of halogens is 2. The SMILES string of the molecule is NNC(Cc1cccc(Cl)c1)c1ccc(Cl)cc1. The van der Waals surface area contributed by atoms with Gasteiger partial charge in [0.1, 0.15) is 0 Å². The summed E-state index contributed by atoms with van der Waals surface area (Å²) in [5.41, 5.74) is 5.06. The Morgan fingerprint density at radius 3 is 2.33 bits per heavy atom. The second-order valence-electron chi connectivity index (χ2n) is 4.10. The van der Waals surface area contributed by atoms with Crippen LogP contribution in [-0.2, 0) is 6.42 Å². The maximum absolute atomic E-state index is 5.97. The van der Waals surface area contributed by atoms with E-state index < -0.39 is 0 Å². The number of nitrogens with one attached hydrogen (secondary N) is 1. The highest BCUT2D eigenvalue weighted by molar-refractivity contribution is 6.30. The molecule has 4 heteroatoms. The number of hydrogen-bond donors (Lipinski definition) is 2. The van der Waals surface area contributed by atoms with Gasteiger partial charge in [-0.05, 0) is 41.8 Å². The lowest BCUT2D eigenvalue weighted by molar-refractivity contribution is 0.552. The van der Waals surface area contributed by atoms with Crippen molar-refractivity contribution in [2.45, 2.75) is 12.5 Å². The largest absolute Gasteiger partial charge is 0.271 e. The van der Waals surface area contributed by atoms with Crippen molar-refractivity contribution in [1.29, 1.82) is 0 Å². The number of nitrogens with two attached hydrogens (primary N) is 1. The summed E-state index contributed by atoms with van der Waals surface area (Å²) in [6, 6.07) is 15.5. The molecule has 0 aliphatic heterocycles. The topological polar surface area (TPSA) is 38.0 Å². The highest BCUT2D eigenvalue weighted by atomic mass is 35.5. The van der Waals surface area contributed by atoms with Crippen molar-refractivity contribution in [3.05, 3.63) is 69.7 Å². The summed E-state index contributed by atoms with van der Waals surface area (Å²) in [5.74, 6) is 5.61. The summed E-state index contributed by atoms with van der Waals surface area (Å²) in [7, 11) is 0. The lowest BCUT2D eigenvalue weighted by atomic mass is 9.99.